The summed E-state index contributed by atoms with van der Waals surface area (Å²) in [4.78, 5) is 13.0. The van der Waals surface area contributed by atoms with Crippen LogP contribution in [0.2, 0.25) is 0 Å². The first-order valence-electron chi connectivity index (χ1n) is 5.48. The minimum absolute atomic E-state index is 0.173. The van der Waals surface area contributed by atoms with Gasteiger partial charge in [-0.25, -0.2) is 0 Å². The first-order valence-corrected chi connectivity index (χ1v) is 5.48. The molecule has 0 saturated carbocycles. The van der Waals surface area contributed by atoms with Crippen LogP contribution in [0, 0.1) is 0 Å². The number of aliphatic hydroxyl groups excluding tert-OH is 1. The summed E-state index contributed by atoms with van der Waals surface area (Å²) in [5.74, 6) is 0.425. The van der Waals surface area contributed by atoms with E-state index < -0.39 is 0 Å². The third-order valence-electron chi connectivity index (χ3n) is 2.16. The van der Waals surface area contributed by atoms with Gasteiger partial charge in [0.15, 0.2) is 5.69 Å². The Balaban J connectivity index is 2.53. The number of nitrogens with zero attached hydrogens (tertiary/aromatic N) is 3. The molecule has 1 aromatic heterocycles. The van der Waals surface area contributed by atoms with Crippen molar-refractivity contribution in [3.05, 3.63) is 17.8 Å². The zero-order valence-electron chi connectivity index (χ0n) is 10.3. The van der Waals surface area contributed by atoms with E-state index in [2.05, 4.69) is 15.5 Å². The maximum absolute atomic E-state index is 11.5. The smallest absolute Gasteiger partial charge is 0.273 e. The minimum atomic E-state index is -0.343. The van der Waals surface area contributed by atoms with E-state index in [1.165, 1.54) is 4.90 Å². The molecular formula is C11H18N4O2. The van der Waals surface area contributed by atoms with Crippen molar-refractivity contribution in [1.29, 1.82) is 0 Å². The number of hydrogen-bond donors (Lipinski definition) is 2. The topological polar surface area (TPSA) is 78.4 Å². The van der Waals surface area contributed by atoms with E-state index in [9.17, 15) is 4.79 Å². The summed E-state index contributed by atoms with van der Waals surface area (Å²) in [6, 6.07) is 3.33. The van der Waals surface area contributed by atoms with Crippen molar-refractivity contribution in [1.82, 2.24) is 15.1 Å². The van der Waals surface area contributed by atoms with E-state index in [-0.39, 0.29) is 12.0 Å². The Morgan fingerprint density at radius 1 is 1.47 bits per heavy atom. The van der Waals surface area contributed by atoms with Crippen molar-refractivity contribution in [2.45, 2.75) is 19.4 Å². The quantitative estimate of drug-likeness (QED) is 0.774. The van der Waals surface area contributed by atoms with Gasteiger partial charge in [-0.3, -0.25) is 4.79 Å². The van der Waals surface area contributed by atoms with E-state index in [0.717, 1.165) is 0 Å². The molecule has 1 atom stereocenters. The van der Waals surface area contributed by atoms with Gasteiger partial charge in [-0.1, -0.05) is 0 Å². The van der Waals surface area contributed by atoms with Crippen LogP contribution in [-0.2, 0) is 0 Å². The molecule has 0 aliphatic carbocycles. The van der Waals surface area contributed by atoms with Gasteiger partial charge in [0.2, 0.25) is 0 Å². The Morgan fingerprint density at radius 3 is 2.65 bits per heavy atom. The number of amides is 1. The third-order valence-corrected chi connectivity index (χ3v) is 2.16. The van der Waals surface area contributed by atoms with Crippen LogP contribution in [0.5, 0.6) is 0 Å². The van der Waals surface area contributed by atoms with E-state index in [4.69, 9.17) is 5.11 Å². The number of carbonyl (C=O) groups is 1. The summed E-state index contributed by atoms with van der Waals surface area (Å²) in [6.45, 7) is 2.35. The molecule has 1 heterocycles. The second-order valence-corrected chi connectivity index (χ2v) is 4.07. The second kappa shape index (κ2) is 6.15. The van der Waals surface area contributed by atoms with Gasteiger partial charge in [0.1, 0.15) is 5.82 Å². The van der Waals surface area contributed by atoms with Gasteiger partial charge < -0.3 is 15.3 Å². The zero-order valence-corrected chi connectivity index (χ0v) is 10.3. The molecule has 0 aliphatic rings. The predicted octanol–water partition coefficient (Wildman–Crippen LogP) is 0.361. The third kappa shape index (κ3) is 4.36. The first kappa shape index (κ1) is 13.4. The highest BCUT2D eigenvalue weighted by Crippen LogP contribution is 2.04. The van der Waals surface area contributed by atoms with Crippen molar-refractivity contribution < 1.29 is 9.90 Å². The molecule has 0 aliphatic heterocycles. The number of hydrogen-bond acceptors (Lipinski definition) is 5. The van der Waals surface area contributed by atoms with Crippen LogP contribution >= 0.6 is 0 Å². The second-order valence-electron chi connectivity index (χ2n) is 4.07. The lowest BCUT2D eigenvalue weighted by atomic mass is 10.3. The largest absolute Gasteiger partial charge is 0.393 e. The molecule has 0 spiro atoms. The number of anilines is 1. The van der Waals surface area contributed by atoms with Gasteiger partial charge in [-0.05, 0) is 25.5 Å². The van der Waals surface area contributed by atoms with Gasteiger partial charge in [-0.15, -0.1) is 10.2 Å². The Kier molecular flexibility index (Phi) is 4.84. The zero-order chi connectivity index (χ0) is 12.8. The van der Waals surface area contributed by atoms with Crippen LogP contribution in [0.15, 0.2) is 12.1 Å². The molecule has 1 unspecified atom stereocenters. The lowest BCUT2D eigenvalue weighted by Crippen LogP contribution is -2.23. The normalized spacial score (nSPS) is 12.0. The highest BCUT2D eigenvalue weighted by atomic mass is 16.3. The van der Waals surface area contributed by atoms with Crippen molar-refractivity contribution in [2.75, 3.05) is 26.0 Å². The van der Waals surface area contributed by atoms with Crippen LogP contribution in [0.25, 0.3) is 0 Å². The van der Waals surface area contributed by atoms with Gasteiger partial charge in [0.25, 0.3) is 5.91 Å². The summed E-state index contributed by atoms with van der Waals surface area (Å²) in [5, 5.41) is 19.8. The summed E-state index contributed by atoms with van der Waals surface area (Å²) < 4.78 is 0. The fraction of sp³-hybridized carbons (Fsp3) is 0.545. The number of carbonyl (C=O) groups excluding carboxylic acids is 1. The molecule has 0 radical (unpaired) electrons. The highest BCUT2D eigenvalue weighted by molar-refractivity contribution is 5.91. The molecule has 17 heavy (non-hydrogen) atoms. The molecule has 94 valence electrons. The van der Waals surface area contributed by atoms with E-state index in [1.807, 2.05) is 0 Å². The summed E-state index contributed by atoms with van der Waals surface area (Å²) in [5.41, 5.74) is 0.316. The molecule has 1 rings (SSSR count). The van der Waals surface area contributed by atoms with Gasteiger partial charge in [0.05, 0.1) is 6.10 Å². The standard InChI is InChI=1S/C11H18N4O2/c1-8(16)6-7-12-10-5-4-9(13-14-10)11(17)15(2)3/h4-5,8,16H,6-7H2,1-3H3,(H,12,14). The molecule has 0 bridgehead atoms. The molecule has 6 heteroatoms. The molecule has 0 saturated heterocycles. The van der Waals surface area contributed by atoms with Crippen LogP contribution in [-0.4, -0.2) is 52.9 Å². The van der Waals surface area contributed by atoms with Crippen LogP contribution in [0.1, 0.15) is 23.8 Å². The van der Waals surface area contributed by atoms with Gasteiger partial charge in [-0.2, -0.15) is 0 Å². The first-order chi connectivity index (χ1) is 8.00. The number of rotatable bonds is 5. The van der Waals surface area contributed by atoms with Crippen molar-refractivity contribution in [3.63, 3.8) is 0 Å². The van der Waals surface area contributed by atoms with Crippen LogP contribution < -0.4 is 5.32 Å². The summed E-state index contributed by atoms with van der Waals surface area (Å²) in [6.07, 6.45) is 0.296. The Morgan fingerprint density at radius 2 is 2.18 bits per heavy atom. The van der Waals surface area contributed by atoms with Crippen molar-refractivity contribution in [2.24, 2.45) is 0 Å². The average Bonchev–Trinajstić information content (AvgIpc) is 2.28. The molecular weight excluding hydrogens is 220 g/mol. The Hall–Kier alpha value is -1.69. The maximum atomic E-state index is 11.5. The van der Waals surface area contributed by atoms with Crippen molar-refractivity contribution >= 4 is 11.7 Å². The van der Waals surface area contributed by atoms with E-state index in [1.54, 1.807) is 33.2 Å². The van der Waals surface area contributed by atoms with Crippen LogP contribution in [0.4, 0.5) is 5.82 Å². The predicted molar refractivity (Wildman–Crippen MR) is 64.8 cm³/mol. The maximum Gasteiger partial charge on any atom is 0.273 e. The lowest BCUT2D eigenvalue weighted by Gasteiger charge is -2.09. The highest BCUT2D eigenvalue weighted by Gasteiger charge is 2.09. The lowest BCUT2D eigenvalue weighted by molar-refractivity contribution is 0.0821. The molecule has 0 aromatic carbocycles. The molecule has 2 N–H and O–H groups in total. The average molecular weight is 238 g/mol. The Bertz CT molecular complexity index is 362. The Labute approximate surface area is 101 Å². The monoisotopic (exact) mass is 238 g/mol. The fourth-order valence-corrected chi connectivity index (χ4v) is 1.18. The fourth-order valence-electron chi connectivity index (χ4n) is 1.18. The van der Waals surface area contributed by atoms with E-state index in [0.29, 0.717) is 24.5 Å². The van der Waals surface area contributed by atoms with Gasteiger partial charge in [0, 0.05) is 20.6 Å². The molecule has 6 nitrogen and oxygen atoms in total. The van der Waals surface area contributed by atoms with Crippen LogP contribution in [0.3, 0.4) is 0 Å². The van der Waals surface area contributed by atoms with Crippen molar-refractivity contribution in [3.8, 4) is 0 Å². The molecule has 1 amide bonds. The molecule has 0 fully saturated rings. The summed E-state index contributed by atoms with van der Waals surface area (Å²) >= 11 is 0. The summed E-state index contributed by atoms with van der Waals surface area (Å²) in [7, 11) is 3.33. The number of nitrogens with one attached hydrogen (secondary N) is 1. The van der Waals surface area contributed by atoms with Gasteiger partial charge >= 0.3 is 0 Å². The minimum Gasteiger partial charge on any atom is -0.393 e. The SMILES string of the molecule is CC(O)CCNc1ccc(C(=O)N(C)C)nn1. The number of aliphatic hydroxyl groups is 1. The van der Waals surface area contributed by atoms with E-state index >= 15 is 0 Å². The molecule has 1 aromatic rings. The number of aromatic nitrogens is 2.